The Bertz CT molecular complexity index is 817. The Morgan fingerprint density at radius 2 is 2.00 bits per heavy atom. The van der Waals surface area contributed by atoms with Gasteiger partial charge < -0.3 is 14.6 Å². The van der Waals surface area contributed by atoms with Gasteiger partial charge in [0.1, 0.15) is 17.6 Å². The van der Waals surface area contributed by atoms with Gasteiger partial charge in [0.2, 0.25) is 5.91 Å². The summed E-state index contributed by atoms with van der Waals surface area (Å²) in [4.78, 5) is 27.5. The van der Waals surface area contributed by atoms with Crippen LogP contribution in [-0.4, -0.2) is 33.9 Å². The fourth-order valence-electron chi connectivity index (χ4n) is 3.10. The zero-order valence-corrected chi connectivity index (χ0v) is 16.4. The van der Waals surface area contributed by atoms with E-state index in [9.17, 15) is 14.0 Å². The summed E-state index contributed by atoms with van der Waals surface area (Å²) in [6.07, 6.45) is 1.54. The smallest absolute Gasteiger partial charge is 0.258 e. The van der Waals surface area contributed by atoms with Crippen molar-refractivity contribution >= 4 is 23.6 Å². The Balaban J connectivity index is 1.85. The third-order valence-corrected chi connectivity index (χ3v) is 6.16. The van der Waals surface area contributed by atoms with Crippen molar-refractivity contribution in [3.8, 4) is 0 Å². The van der Waals surface area contributed by atoms with Crippen molar-refractivity contribution in [1.82, 2.24) is 10.2 Å². The number of furan rings is 1. The summed E-state index contributed by atoms with van der Waals surface area (Å²) in [5.74, 6) is -0.215. The maximum atomic E-state index is 14.2. The number of hydrogen-bond acceptors (Lipinski definition) is 4. The van der Waals surface area contributed by atoms with Gasteiger partial charge in [0.15, 0.2) is 0 Å². The lowest BCUT2D eigenvalue weighted by atomic mass is 9.94. The fourth-order valence-corrected chi connectivity index (χ4v) is 4.68. The van der Waals surface area contributed by atoms with E-state index in [4.69, 9.17) is 4.42 Å². The van der Waals surface area contributed by atoms with Gasteiger partial charge in [-0.05, 0) is 29.7 Å². The highest BCUT2D eigenvalue weighted by Gasteiger charge is 2.46. The molecule has 0 aliphatic carbocycles. The highest BCUT2D eigenvalue weighted by molar-refractivity contribution is 8.00. The Labute approximate surface area is 162 Å². The van der Waals surface area contributed by atoms with Gasteiger partial charge in [-0.3, -0.25) is 9.59 Å². The van der Waals surface area contributed by atoms with Crippen LogP contribution in [0.3, 0.4) is 0 Å². The topological polar surface area (TPSA) is 62.6 Å². The maximum absolute atomic E-state index is 14.2. The summed E-state index contributed by atoms with van der Waals surface area (Å²) in [6, 6.07) is 8.73. The summed E-state index contributed by atoms with van der Waals surface area (Å²) >= 11 is 1.54. The molecular formula is C20H23FN2O3S. The Morgan fingerprint density at radius 1 is 1.26 bits per heavy atom. The molecular weight excluding hydrogens is 367 g/mol. The van der Waals surface area contributed by atoms with Crippen molar-refractivity contribution < 1.29 is 18.4 Å². The summed E-state index contributed by atoms with van der Waals surface area (Å²) < 4.78 is 19.4. The van der Waals surface area contributed by atoms with Gasteiger partial charge in [-0.2, -0.15) is 0 Å². The monoisotopic (exact) mass is 390 g/mol. The molecule has 2 amide bonds. The molecule has 0 radical (unpaired) electrons. The lowest BCUT2D eigenvalue weighted by molar-refractivity contribution is -0.125. The van der Waals surface area contributed by atoms with E-state index in [1.54, 1.807) is 36.0 Å². The van der Waals surface area contributed by atoms with E-state index in [2.05, 4.69) is 5.32 Å². The largest absolute Gasteiger partial charge is 0.467 e. The average molecular weight is 390 g/mol. The standard InChI is InChI=1S/C20H23FN2O3S/c1-20(2,3)19-23(18(25)14-8-4-5-9-15(14)21)16(12-27-19)17(24)22-11-13-7-6-10-26-13/h4-10,16,19H,11-12H2,1-3H3,(H,22,24). The van der Waals surface area contributed by atoms with Gasteiger partial charge in [-0.15, -0.1) is 11.8 Å². The quantitative estimate of drug-likeness (QED) is 0.865. The molecule has 1 saturated heterocycles. The Kier molecular flexibility index (Phi) is 5.60. The van der Waals surface area contributed by atoms with Crippen LogP contribution in [0.25, 0.3) is 0 Å². The summed E-state index contributed by atoms with van der Waals surface area (Å²) in [7, 11) is 0. The lowest BCUT2D eigenvalue weighted by Crippen LogP contribution is -2.52. The number of hydrogen-bond donors (Lipinski definition) is 1. The zero-order valence-electron chi connectivity index (χ0n) is 15.6. The SMILES string of the molecule is CC(C)(C)C1SCC(C(=O)NCc2ccco2)N1C(=O)c1ccccc1F. The van der Waals surface area contributed by atoms with E-state index in [-0.39, 0.29) is 28.8 Å². The maximum Gasteiger partial charge on any atom is 0.258 e. The summed E-state index contributed by atoms with van der Waals surface area (Å²) in [5, 5.41) is 2.58. The predicted octanol–water partition coefficient (Wildman–Crippen LogP) is 3.66. The molecule has 1 aromatic heterocycles. The third kappa shape index (κ3) is 4.18. The molecule has 1 aliphatic rings. The molecule has 2 aromatic rings. The van der Waals surface area contributed by atoms with E-state index in [0.29, 0.717) is 11.5 Å². The summed E-state index contributed by atoms with van der Waals surface area (Å²) in [5.41, 5.74) is -0.278. The van der Waals surface area contributed by atoms with Gasteiger partial charge in [0.05, 0.1) is 23.7 Å². The Hall–Kier alpha value is -2.28. The number of rotatable bonds is 4. The minimum atomic E-state index is -0.665. The first-order valence-corrected chi connectivity index (χ1v) is 9.83. The average Bonchev–Trinajstić information content (AvgIpc) is 3.28. The zero-order chi connectivity index (χ0) is 19.6. The first-order chi connectivity index (χ1) is 12.8. The molecule has 1 N–H and O–H groups in total. The highest BCUT2D eigenvalue weighted by Crippen LogP contribution is 2.41. The predicted molar refractivity (Wildman–Crippen MR) is 103 cm³/mol. The van der Waals surface area contributed by atoms with Crippen molar-refractivity contribution in [2.75, 3.05) is 5.75 Å². The van der Waals surface area contributed by atoms with Gasteiger partial charge in [-0.25, -0.2) is 4.39 Å². The first-order valence-electron chi connectivity index (χ1n) is 8.78. The molecule has 2 unspecified atom stereocenters. The van der Waals surface area contributed by atoms with Crippen molar-refractivity contribution in [3.05, 3.63) is 59.8 Å². The van der Waals surface area contributed by atoms with Crippen LogP contribution in [0, 0.1) is 11.2 Å². The van der Waals surface area contributed by atoms with Crippen LogP contribution < -0.4 is 5.32 Å². The second-order valence-electron chi connectivity index (χ2n) is 7.56. The molecule has 1 aliphatic heterocycles. The lowest BCUT2D eigenvalue weighted by Gasteiger charge is -2.36. The van der Waals surface area contributed by atoms with Crippen molar-refractivity contribution in [2.45, 2.75) is 38.7 Å². The van der Waals surface area contributed by atoms with E-state index in [1.165, 1.54) is 23.3 Å². The van der Waals surface area contributed by atoms with Crippen LogP contribution in [0.1, 0.15) is 36.9 Å². The van der Waals surface area contributed by atoms with E-state index < -0.39 is 17.8 Å². The number of carbonyl (C=O) groups is 2. The van der Waals surface area contributed by atoms with E-state index >= 15 is 0 Å². The molecule has 2 heterocycles. The van der Waals surface area contributed by atoms with Crippen LogP contribution in [-0.2, 0) is 11.3 Å². The normalized spacial score (nSPS) is 19.9. The number of amides is 2. The fraction of sp³-hybridized carbons (Fsp3) is 0.400. The molecule has 1 fully saturated rings. The molecule has 0 bridgehead atoms. The number of nitrogens with one attached hydrogen (secondary N) is 1. The number of benzene rings is 1. The molecule has 3 rings (SSSR count). The summed E-state index contributed by atoms with van der Waals surface area (Å²) in [6.45, 7) is 6.27. The number of carbonyl (C=O) groups excluding carboxylic acids is 2. The van der Waals surface area contributed by atoms with Gasteiger partial charge in [0.25, 0.3) is 5.91 Å². The minimum absolute atomic E-state index is 0.0157. The molecule has 27 heavy (non-hydrogen) atoms. The second-order valence-corrected chi connectivity index (χ2v) is 8.67. The van der Waals surface area contributed by atoms with Crippen LogP contribution in [0.15, 0.2) is 47.1 Å². The van der Waals surface area contributed by atoms with Crippen LogP contribution in [0.4, 0.5) is 4.39 Å². The molecule has 1 aromatic carbocycles. The molecule has 0 saturated carbocycles. The van der Waals surface area contributed by atoms with Crippen LogP contribution in [0.2, 0.25) is 0 Å². The van der Waals surface area contributed by atoms with Crippen molar-refractivity contribution in [2.24, 2.45) is 5.41 Å². The van der Waals surface area contributed by atoms with Gasteiger partial charge >= 0.3 is 0 Å². The first kappa shape index (κ1) is 19.5. The third-order valence-electron chi connectivity index (χ3n) is 4.40. The molecule has 144 valence electrons. The van der Waals surface area contributed by atoms with Gasteiger partial charge in [0, 0.05) is 5.75 Å². The van der Waals surface area contributed by atoms with Crippen LogP contribution >= 0.6 is 11.8 Å². The van der Waals surface area contributed by atoms with Crippen molar-refractivity contribution in [3.63, 3.8) is 0 Å². The number of nitrogens with zero attached hydrogens (tertiary/aromatic N) is 1. The van der Waals surface area contributed by atoms with Crippen LogP contribution in [0.5, 0.6) is 0 Å². The number of thioether (sulfide) groups is 1. The minimum Gasteiger partial charge on any atom is -0.467 e. The van der Waals surface area contributed by atoms with Crippen molar-refractivity contribution in [1.29, 1.82) is 0 Å². The second kappa shape index (κ2) is 7.76. The molecule has 5 nitrogen and oxygen atoms in total. The number of halogens is 1. The molecule has 0 spiro atoms. The van der Waals surface area contributed by atoms with E-state index in [0.717, 1.165) is 0 Å². The molecule has 2 atom stereocenters. The highest BCUT2D eigenvalue weighted by atomic mass is 32.2. The van der Waals surface area contributed by atoms with Gasteiger partial charge in [-0.1, -0.05) is 32.9 Å². The molecule has 7 heteroatoms. The Morgan fingerprint density at radius 3 is 2.63 bits per heavy atom. The van der Waals surface area contributed by atoms with E-state index in [1.807, 2.05) is 20.8 Å².